The zero-order valence-electron chi connectivity index (χ0n) is 15.4. The van der Waals surface area contributed by atoms with Crippen LogP contribution in [0.15, 0.2) is 24.3 Å². The average molecular weight is 344 g/mol. The summed E-state index contributed by atoms with van der Waals surface area (Å²) in [5, 5.41) is 12.7. The van der Waals surface area contributed by atoms with E-state index in [2.05, 4.69) is 41.4 Å². The van der Waals surface area contributed by atoms with Gasteiger partial charge in [0.1, 0.15) is 0 Å². The van der Waals surface area contributed by atoms with Gasteiger partial charge in [-0.25, -0.2) is 0 Å². The number of aliphatic carboxylic acids is 1. The van der Waals surface area contributed by atoms with Crippen LogP contribution in [0.25, 0.3) is 0 Å². The van der Waals surface area contributed by atoms with E-state index in [1.165, 1.54) is 36.9 Å². The molecule has 0 radical (unpaired) electrons. The first-order valence-corrected chi connectivity index (χ1v) is 9.90. The van der Waals surface area contributed by atoms with Crippen molar-refractivity contribution in [2.45, 2.75) is 77.0 Å². The predicted octanol–water partition coefficient (Wildman–Crippen LogP) is 3.79. The molecule has 3 rings (SSSR count). The molecule has 1 saturated heterocycles. The van der Waals surface area contributed by atoms with Crippen LogP contribution in [0.5, 0.6) is 0 Å². The highest BCUT2D eigenvalue weighted by atomic mass is 16.4. The summed E-state index contributed by atoms with van der Waals surface area (Å²) in [5.41, 5.74) is 2.72. The number of likely N-dealkylation sites (tertiary alicyclic amines) is 1. The highest BCUT2D eigenvalue weighted by molar-refractivity contribution is 5.70. The standard InChI is InChI=1S/C21H32N2O2/c1-16-4-2-3-13-23(16)15-18-7-5-17(6-8-18)14-22-20-11-9-19(10-12-20)21(24)25/h5-8,16,19-20,22H,2-4,9-15H2,1H3,(H,24,25). The number of carboxylic acid groups (broad SMARTS) is 1. The molecule has 1 aliphatic heterocycles. The number of carboxylic acids is 1. The van der Waals surface area contributed by atoms with Crippen molar-refractivity contribution in [1.82, 2.24) is 10.2 Å². The first-order valence-electron chi connectivity index (χ1n) is 9.90. The maximum Gasteiger partial charge on any atom is 0.306 e. The summed E-state index contributed by atoms with van der Waals surface area (Å²) in [7, 11) is 0. The van der Waals surface area contributed by atoms with Gasteiger partial charge in [-0.15, -0.1) is 0 Å². The molecular weight excluding hydrogens is 312 g/mol. The molecule has 0 aromatic heterocycles. The Labute approximate surface area is 151 Å². The predicted molar refractivity (Wildman–Crippen MR) is 100 cm³/mol. The maximum atomic E-state index is 11.0. The Bertz CT molecular complexity index is 550. The second kappa shape index (κ2) is 8.81. The monoisotopic (exact) mass is 344 g/mol. The Morgan fingerprint density at radius 2 is 1.76 bits per heavy atom. The van der Waals surface area contributed by atoms with Gasteiger partial charge in [0.05, 0.1) is 5.92 Å². The van der Waals surface area contributed by atoms with Crippen molar-refractivity contribution in [3.8, 4) is 0 Å². The molecule has 1 heterocycles. The Morgan fingerprint density at radius 1 is 1.08 bits per heavy atom. The Balaban J connectivity index is 1.43. The van der Waals surface area contributed by atoms with Gasteiger partial charge in [-0.1, -0.05) is 30.7 Å². The largest absolute Gasteiger partial charge is 0.481 e. The number of hydrogen-bond acceptors (Lipinski definition) is 3. The third-order valence-electron chi connectivity index (χ3n) is 6.02. The van der Waals surface area contributed by atoms with Gasteiger partial charge in [0.2, 0.25) is 0 Å². The molecule has 138 valence electrons. The average Bonchev–Trinajstić information content (AvgIpc) is 2.63. The normalized spacial score (nSPS) is 28.0. The van der Waals surface area contributed by atoms with E-state index in [1.807, 2.05) is 0 Å². The van der Waals surface area contributed by atoms with Crippen LogP contribution in [0.4, 0.5) is 0 Å². The number of rotatable bonds is 6. The SMILES string of the molecule is CC1CCCCN1Cc1ccc(CNC2CCC(C(=O)O)CC2)cc1. The molecule has 1 aliphatic carbocycles. The summed E-state index contributed by atoms with van der Waals surface area (Å²) in [6, 6.07) is 10.2. The molecule has 0 bridgehead atoms. The summed E-state index contributed by atoms with van der Waals surface area (Å²) in [5.74, 6) is -0.758. The van der Waals surface area contributed by atoms with Gasteiger partial charge in [0.15, 0.2) is 0 Å². The smallest absolute Gasteiger partial charge is 0.306 e. The lowest BCUT2D eigenvalue weighted by Gasteiger charge is -2.33. The number of nitrogens with zero attached hydrogens (tertiary/aromatic N) is 1. The van der Waals surface area contributed by atoms with E-state index < -0.39 is 5.97 Å². The van der Waals surface area contributed by atoms with Crippen LogP contribution in [-0.2, 0) is 17.9 Å². The first-order chi connectivity index (χ1) is 12.1. The van der Waals surface area contributed by atoms with Crippen molar-refractivity contribution in [3.63, 3.8) is 0 Å². The van der Waals surface area contributed by atoms with Crippen LogP contribution in [0.1, 0.15) is 63.0 Å². The maximum absolute atomic E-state index is 11.0. The number of piperidine rings is 1. The highest BCUT2D eigenvalue weighted by Gasteiger charge is 2.25. The number of hydrogen-bond donors (Lipinski definition) is 2. The second-order valence-corrected chi connectivity index (χ2v) is 7.90. The summed E-state index contributed by atoms with van der Waals surface area (Å²) >= 11 is 0. The minimum atomic E-state index is -0.628. The van der Waals surface area contributed by atoms with Gasteiger partial charge in [0.25, 0.3) is 0 Å². The van der Waals surface area contributed by atoms with Gasteiger partial charge in [-0.05, 0) is 63.1 Å². The molecule has 2 fully saturated rings. The van der Waals surface area contributed by atoms with Crippen LogP contribution in [0.3, 0.4) is 0 Å². The first kappa shape index (κ1) is 18.4. The van der Waals surface area contributed by atoms with E-state index in [1.54, 1.807) is 0 Å². The topological polar surface area (TPSA) is 52.6 Å². The van der Waals surface area contributed by atoms with Crippen molar-refractivity contribution < 1.29 is 9.90 Å². The lowest BCUT2D eigenvalue weighted by atomic mass is 9.86. The molecule has 2 aliphatic rings. The molecule has 1 atom stereocenters. The van der Waals surface area contributed by atoms with Gasteiger partial charge in [0, 0.05) is 25.2 Å². The Kier molecular flexibility index (Phi) is 6.49. The number of nitrogens with one attached hydrogen (secondary N) is 1. The summed E-state index contributed by atoms with van der Waals surface area (Å²) < 4.78 is 0. The number of benzene rings is 1. The van der Waals surface area contributed by atoms with E-state index >= 15 is 0 Å². The third kappa shape index (κ3) is 5.29. The molecule has 1 unspecified atom stereocenters. The lowest BCUT2D eigenvalue weighted by molar-refractivity contribution is -0.142. The fourth-order valence-corrected chi connectivity index (χ4v) is 4.20. The molecule has 2 N–H and O–H groups in total. The van der Waals surface area contributed by atoms with Crippen LogP contribution in [-0.4, -0.2) is 34.6 Å². The second-order valence-electron chi connectivity index (χ2n) is 7.90. The van der Waals surface area contributed by atoms with Crippen LogP contribution >= 0.6 is 0 Å². The molecule has 4 heteroatoms. The van der Waals surface area contributed by atoms with Crippen LogP contribution < -0.4 is 5.32 Å². The van der Waals surface area contributed by atoms with E-state index in [9.17, 15) is 4.79 Å². The summed E-state index contributed by atoms with van der Waals surface area (Å²) in [6.07, 6.45) is 7.59. The van der Waals surface area contributed by atoms with Gasteiger partial charge >= 0.3 is 5.97 Å². The minimum Gasteiger partial charge on any atom is -0.481 e. The van der Waals surface area contributed by atoms with E-state index in [0.717, 1.165) is 38.8 Å². The quantitative estimate of drug-likeness (QED) is 0.824. The third-order valence-corrected chi connectivity index (χ3v) is 6.02. The molecule has 25 heavy (non-hydrogen) atoms. The van der Waals surface area contributed by atoms with Crippen molar-refractivity contribution >= 4 is 5.97 Å². The van der Waals surface area contributed by atoms with E-state index in [-0.39, 0.29) is 5.92 Å². The van der Waals surface area contributed by atoms with Gasteiger partial charge < -0.3 is 10.4 Å². The highest BCUT2D eigenvalue weighted by Crippen LogP contribution is 2.24. The van der Waals surface area contributed by atoms with Crippen LogP contribution in [0.2, 0.25) is 0 Å². The Morgan fingerprint density at radius 3 is 2.40 bits per heavy atom. The van der Waals surface area contributed by atoms with Crippen molar-refractivity contribution in [2.24, 2.45) is 5.92 Å². The number of carbonyl (C=O) groups is 1. The van der Waals surface area contributed by atoms with Crippen molar-refractivity contribution in [2.75, 3.05) is 6.54 Å². The van der Waals surface area contributed by atoms with Crippen molar-refractivity contribution in [1.29, 1.82) is 0 Å². The fourth-order valence-electron chi connectivity index (χ4n) is 4.20. The summed E-state index contributed by atoms with van der Waals surface area (Å²) in [4.78, 5) is 13.6. The Hall–Kier alpha value is -1.39. The molecule has 4 nitrogen and oxygen atoms in total. The van der Waals surface area contributed by atoms with Gasteiger partial charge in [-0.2, -0.15) is 0 Å². The molecule has 0 spiro atoms. The molecule has 1 saturated carbocycles. The fraction of sp³-hybridized carbons (Fsp3) is 0.667. The van der Waals surface area contributed by atoms with Crippen LogP contribution in [0, 0.1) is 5.92 Å². The van der Waals surface area contributed by atoms with Gasteiger partial charge in [-0.3, -0.25) is 9.69 Å². The molecule has 1 aromatic rings. The lowest BCUT2D eigenvalue weighted by Crippen LogP contribution is -2.36. The molecular formula is C21H32N2O2. The molecule has 1 aromatic carbocycles. The molecule has 0 amide bonds. The van der Waals surface area contributed by atoms with E-state index in [0.29, 0.717) is 12.1 Å². The minimum absolute atomic E-state index is 0.130. The van der Waals surface area contributed by atoms with E-state index in [4.69, 9.17) is 5.11 Å². The zero-order valence-corrected chi connectivity index (χ0v) is 15.4. The zero-order chi connectivity index (χ0) is 17.6. The van der Waals surface area contributed by atoms with Crippen molar-refractivity contribution in [3.05, 3.63) is 35.4 Å². The summed E-state index contributed by atoms with van der Waals surface area (Å²) in [6.45, 7) is 5.51.